The Morgan fingerprint density at radius 2 is 1.97 bits per heavy atom. The summed E-state index contributed by atoms with van der Waals surface area (Å²) in [4.78, 5) is 29.2. The topological polar surface area (TPSA) is 104 Å². The van der Waals surface area contributed by atoms with E-state index in [1.807, 2.05) is 31.2 Å². The van der Waals surface area contributed by atoms with Crippen LogP contribution in [0.25, 0.3) is 10.2 Å². The lowest BCUT2D eigenvalue weighted by atomic mass is 10.1. The molecule has 0 unspecified atom stereocenters. The summed E-state index contributed by atoms with van der Waals surface area (Å²) in [5, 5.41) is 7.39. The van der Waals surface area contributed by atoms with Gasteiger partial charge in [0.2, 0.25) is 0 Å². The van der Waals surface area contributed by atoms with Crippen molar-refractivity contribution < 1.29 is 23.6 Å². The van der Waals surface area contributed by atoms with Crippen LogP contribution in [0.2, 0.25) is 0 Å². The average molecular weight is 437 g/mol. The fourth-order valence-corrected chi connectivity index (χ4v) is 3.81. The Morgan fingerprint density at radius 1 is 1.16 bits per heavy atom. The Bertz CT molecular complexity index is 1220. The molecule has 8 nitrogen and oxygen atoms in total. The number of nitrogens with one attached hydrogen (secondary N) is 1. The van der Waals surface area contributed by atoms with Crippen LogP contribution >= 0.6 is 11.3 Å². The summed E-state index contributed by atoms with van der Waals surface area (Å²) in [5.41, 5.74) is 1.50. The number of amides is 1. The second kappa shape index (κ2) is 8.97. The Balaban J connectivity index is 1.42. The fourth-order valence-electron chi connectivity index (χ4n) is 3.00. The molecule has 0 saturated carbocycles. The molecule has 0 fully saturated rings. The van der Waals surface area contributed by atoms with Crippen molar-refractivity contribution in [3.8, 4) is 5.75 Å². The van der Waals surface area contributed by atoms with Crippen molar-refractivity contribution in [2.24, 2.45) is 0 Å². The molecule has 4 aromatic rings. The molecule has 31 heavy (non-hydrogen) atoms. The molecule has 2 heterocycles. The van der Waals surface area contributed by atoms with Gasteiger partial charge >= 0.3 is 5.97 Å². The number of hydrogen-bond donors (Lipinski definition) is 1. The van der Waals surface area contributed by atoms with E-state index in [-0.39, 0.29) is 12.3 Å². The summed E-state index contributed by atoms with van der Waals surface area (Å²) in [6, 6.07) is 15.0. The fraction of sp³-hybridized carbons (Fsp3) is 0.182. The van der Waals surface area contributed by atoms with Crippen molar-refractivity contribution in [2.45, 2.75) is 19.6 Å². The van der Waals surface area contributed by atoms with Crippen LogP contribution in [0.3, 0.4) is 0 Å². The first-order valence-corrected chi connectivity index (χ1v) is 10.2. The molecule has 0 spiro atoms. The summed E-state index contributed by atoms with van der Waals surface area (Å²) >= 11 is 1.62. The number of thiazole rings is 1. The van der Waals surface area contributed by atoms with Crippen LogP contribution in [0.5, 0.6) is 5.75 Å². The van der Waals surface area contributed by atoms with E-state index in [2.05, 4.69) is 15.5 Å². The van der Waals surface area contributed by atoms with Crippen LogP contribution in [0.4, 0.5) is 0 Å². The maximum absolute atomic E-state index is 12.6. The zero-order valence-electron chi connectivity index (χ0n) is 16.8. The van der Waals surface area contributed by atoms with Gasteiger partial charge < -0.3 is 19.3 Å². The normalized spacial score (nSPS) is 11.8. The van der Waals surface area contributed by atoms with Crippen LogP contribution in [-0.2, 0) is 16.1 Å². The van der Waals surface area contributed by atoms with E-state index >= 15 is 0 Å². The smallest absolute Gasteiger partial charge is 0.333 e. The molecule has 1 N–H and O–H groups in total. The number of ether oxygens (including phenoxy) is 2. The molecule has 0 aliphatic rings. The molecule has 2 aromatic carbocycles. The SMILES string of the molecule is COC(=O)[C@H](NC(=O)c1cc(COc2ccc3sc(C)nc3c2)on1)c1ccccc1. The number of methoxy groups -OCH3 is 1. The second-order valence-electron chi connectivity index (χ2n) is 6.67. The van der Waals surface area contributed by atoms with E-state index in [0.717, 1.165) is 15.2 Å². The zero-order chi connectivity index (χ0) is 21.8. The highest BCUT2D eigenvalue weighted by Crippen LogP contribution is 2.26. The first-order valence-electron chi connectivity index (χ1n) is 9.42. The van der Waals surface area contributed by atoms with E-state index in [0.29, 0.717) is 17.1 Å². The van der Waals surface area contributed by atoms with Gasteiger partial charge in [0.05, 0.1) is 22.3 Å². The van der Waals surface area contributed by atoms with Gasteiger partial charge in [-0.2, -0.15) is 0 Å². The number of carbonyl (C=O) groups excluding carboxylic acids is 2. The highest BCUT2D eigenvalue weighted by atomic mass is 32.1. The molecule has 0 saturated heterocycles. The minimum atomic E-state index is -0.955. The van der Waals surface area contributed by atoms with E-state index in [1.165, 1.54) is 13.2 Å². The molecule has 0 radical (unpaired) electrons. The third kappa shape index (κ3) is 4.72. The summed E-state index contributed by atoms with van der Waals surface area (Å²) in [7, 11) is 1.26. The monoisotopic (exact) mass is 437 g/mol. The lowest BCUT2D eigenvalue weighted by Gasteiger charge is -2.15. The summed E-state index contributed by atoms with van der Waals surface area (Å²) < 4.78 is 16.8. The highest BCUT2D eigenvalue weighted by Gasteiger charge is 2.25. The molecular formula is C22H19N3O5S. The van der Waals surface area contributed by atoms with Crippen LogP contribution in [-0.4, -0.2) is 29.1 Å². The maximum atomic E-state index is 12.6. The van der Waals surface area contributed by atoms with Crippen molar-refractivity contribution in [1.82, 2.24) is 15.5 Å². The highest BCUT2D eigenvalue weighted by molar-refractivity contribution is 7.18. The van der Waals surface area contributed by atoms with Gasteiger partial charge in [-0.15, -0.1) is 11.3 Å². The Kier molecular flexibility index (Phi) is 5.94. The summed E-state index contributed by atoms with van der Waals surface area (Å²) in [6.07, 6.45) is 0. The average Bonchev–Trinajstić information content (AvgIpc) is 3.41. The first-order chi connectivity index (χ1) is 15.0. The minimum absolute atomic E-state index is 0.0361. The van der Waals surface area contributed by atoms with E-state index < -0.39 is 17.9 Å². The summed E-state index contributed by atoms with van der Waals surface area (Å²) in [5.74, 6) is -0.142. The maximum Gasteiger partial charge on any atom is 0.333 e. The Hall–Kier alpha value is -3.72. The number of esters is 1. The number of aromatic nitrogens is 2. The predicted molar refractivity (Wildman–Crippen MR) is 114 cm³/mol. The molecule has 1 amide bonds. The number of fused-ring (bicyclic) bond motifs is 1. The van der Waals surface area contributed by atoms with E-state index in [4.69, 9.17) is 14.0 Å². The van der Waals surface area contributed by atoms with Gasteiger partial charge in [-0.25, -0.2) is 9.78 Å². The molecule has 0 aliphatic heterocycles. The van der Waals surface area contributed by atoms with Gasteiger partial charge in [-0.05, 0) is 24.6 Å². The Labute approximate surface area is 181 Å². The molecule has 4 rings (SSSR count). The van der Waals surface area contributed by atoms with Crippen LogP contribution in [0, 0.1) is 6.92 Å². The van der Waals surface area contributed by atoms with Crippen molar-refractivity contribution >= 4 is 33.4 Å². The van der Waals surface area contributed by atoms with Gasteiger partial charge in [-0.1, -0.05) is 35.5 Å². The molecule has 0 aliphatic carbocycles. The van der Waals surface area contributed by atoms with Crippen molar-refractivity contribution in [1.29, 1.82) is 0 Å². The molecular weight excluding hydrogens is 418 g/mol. The van der Waals surface area contributed by atoms with Gasteiger partial charge in [0, 0.05) is 12.1 Å². The number of aryl methyl sites for hydroxylation is 1. The molecule has 9 heteroatoms. The number of nitrogens with zero attached hydrogens (tertiary/aromatic N) is 2. The van der Waals surface area contributed by atoms with Crippen LogP contribution in [0.1, 0.15) is 32.9 Å². The van der Waals surface area contributed by atoms with Crippen LogP contribution in [0.15, 0.2) is 59.1 Å². The van der Waals surface area contributed by atoms with Crippen molar-refractivity contribution in [3.05, 3.63) is 76.6 Å². The van der Waals surface area contributed by atoms with E-state index in [9.17, 15) is 9.59 Å². The second-order valence-corrected chi connectivity index (χ2v) is 7.90. The first kappa shape index (κ1) is 20.5. The number of rotatable bonds is 7. The van der Waals surface area contributed by atoms with Crippen LogP contribution < -0.4 is 10.1 Å². The minimum Gasteiger partial charge on any atom is -0.485 e. The molecule has 0 bridgehead atoms. The van der Waals surface area contributed by atoms with Gasteiger partial charge in [0.1, 0.15) is 12.4 Å². The third-order valence-corrected chi connectivity index (χ3v) is 5.44. The zero-order valence-corrected chi connectivity index (χ0v) is 17.6. The van der Waals surface area contributed by atoms with Gasteiger partial charge in [-0.3, -0.25) is 4.79 Å². The van der Waals surface area contributed by atoms with Gasteiger partial charge in [0.25, 0.3) is 5.91 Å². The van der Waals surface area contributed by atoms with E-state index in [1.54, 1.807) is 35.6 Å². The number of benzene rings is 2. The summed E-state index contributed by atoms with van der Waals surface area (Å²) in [6.45, 7) is 2.04. The van der Waals surface area contributed by atoms with Crippen molar-refractivity contribution in [2.75, 3.05) is 7.11 Å². The lowest BCUT2D eigenvalue weighted by molar-refractivity contribution is -0.143. The number of hydrogen-bond acceptors (Lipinski definition) is 8. The molecule has 158 valence electrons. The predicted octanol–water partition coefficient (Wildman–Crippen LogP) is 3.82. The van der Waals surface area contributed by atoms with Gasteiger partial charge in [0.15, 0.2) is 17.5 Å². The standard InChI is InChI=1S/C22H19N3O5S/c1-13-23-17-10-15(8-9-19(17)31-13)29-12-16-11-18(25-30-16)21(26)24-20(22(27)28-2)14-6-4-3-5-7-14/h3-11,20H,12H2,1-2H3,(H,24,26)/t20-/m1/s1. The largest absolute Gasteiger partial charge is 0.485 e. The Morgan fingerprint density at radius 3 is 2.74 bits per heavy atom. The third-order valence-electron chi connectivity index (χ3n) is 4.48. The van der Waals surface area contributed by atoms with Crippen molar-refractivity contribution in [3.63, 3.8) is 0 Å². The molecule has 1 atom stereocenters. The quantitative estimate of drug-likeness (QED) is 0.438. The number of carbonyl (C=O) groups is 2. The lowest BCUT2D eigenvalue weighted by Crippen LogP contribution is -2.34. The molecule has 2 aromatic heterocycles.